The van der Waals surface area contributed by atoms with Crippen LogP contribution in [-0.4, -0.2) is 44.2 Å². The highest BCUT2D eigenvalue weighted by atomic mass is 16.5. The molecule has 1 atom stereocenters. The highest BCUT2D eigenvalue weighted by molar-refractivity contribution is 5.76. The van der Waals surface area contributed by atoms with Gasteiger partial charge in [0.05, 0.1) is 6.61 Å². The second-order valence-corrected chi connectivity index (χ2v) is 9.15. The zero-order valence-corrected chi connectivity index (χ0v) is 19.1. The van der Waals surface area contributed by atoms with E-state index >= 15 is 0 Å². The number of aryl methyl sites for hydroxylation is 2. The van der Waals surface area contributed by atoms with E-state index in [-0.39, 0.29) is 0 Å². The number of aromatic nitrogens is 4. The maximum atomic E-state index is 5.72. The standard InChI is InChI=1S/C27H29N5O/c1-19(31-14-2-3-15-31)20-7-9-22(10-8-20)24-17-28-26(32-18-29-30-27(24)32)12-11-21-5-4-6-25-23(21)13-16-33-25/h4-10,17-19H,2-3,11-16H2,1H3. The molecule has 6 nitrogen and oxygen atoms in total. The number of fused-ring (bicyclic) bond motifs is 2. The van der Waals surface area contributed by atoms with Gasteiger partial charge in [-0.2, -0.15) is 0 Å². The van der Waals surface area contributed by atoms with Crippen molar-refractivity contribution in [2.75, 3.05) is 19.7 Å². The van der Waals surface area contributed by atoms with Crippen molar-refractivity contribution < 1.29 is 4.74 Å². The van der Waals surface area contributed by atoms with Crippen LogP contribution in [0.5, 0.6) is 5.75 Å². The van der Waals surface area contributed by atoms with Crippen LogP contribution in [0.3, 0.4) is 0 Å². The lowest BCUT2D eigenvalue weighted by Gasteiger charge is -2.24. The molecule has 168 valence electrons. The minimum Gasteiger partial charge on any atom is -0.493 e. The molecule has 33 heavy (non-hydrogen) atoms. The number of ether oxygens (including phenoxy) is 1. The summed E-state index contributed by atoms with van der Waals surface area (Å²) in [5, 5.41) is 8.64. The van der Waals surface area contributed by atoms with Crippen LogP contribution in [0.15, 0.2) is 55.0 Å². The number of hydrogen-bond acceptors (Lipinski definition) is 5. The Labute approximate surface area is 194 Å². The van der Waals surface area contributed by atoms with E-state index in [2.05, 4.69) is 64.5 Å². The molecular weight excluding hydrogens is 410 g/mol. The monoisotopic (exact) mass is 439 g/mol. The molecule has 0 aliphatic carbocycles. The Morgan fingerprint density at radius 1 is 1.03 bits per heavy atom. The second kappa shape index (κ2) is 8.60. The van der Waals surface area contributed by atoms with Crippen LogP contribution in [-0.2, 0) is 19.3 Å². The first-order valence-corrected chi connectivity index (χ1v) is 12.0. The predicted molar refractivity (Wildman–Crippen MR) is 128 cm³/mol. The summed E-state index contributed by atoms with van der Waals surface area (Å²) >= 11 is 0. The molecule has 0 spiro atoms. The normalized spacial score (nSPS) is 16.8. The fourth-order valence-corrected chi connectivity index (χ4v) is 5.31. The number of rotatable bonds is 6. The van der Waals surface area contributed by atoms with Gasteiger partial charge >= 0.3 is 0 Å². The van der Waals surface area contributed by atoms with Crippen molar-refractivity contribution >= 4 is 5.65 Å². The lowest BCUT2D eigenvalue weighted by molar-refractivity contribution is 0.263. The molecule has 2 aliphatic heterocycles. The molecule has 2 aromatic heterocycles. The van der Waals surface area contributed by atoms with E-state index in [1.54, 1.807) is 6.33 Å². The van der Waals surface area contributed by atoms with Crippen LogP contribution in [0.2, 0.25) is 0 Å². The first kappa shape index (κ1) is 20.4. The van der Waals surface area contributed by atoms with Crippen LogP contribution in [0.25, 0.3) is 16.8 Å². The van der Waals surface area contributed by atoms with Gasteiger partial charge in [-0.1, -0.05) is 36.4 Å². The smallest absolute Gasteiger partial charge is 0.171 e. The molecule has 0 N–H and O–H groups in total. The summed E-state index contributed by atoms with van der Waals surface area (Å²) < 4.78 is 7.76. The van der Waals surface area contributed by atoms with Crippen molar-refractivity contribution in [3.8, 4) is 16.9 Å². The quantitative estimate of drug-likeness (QED) is 0.437. The zero-order chi connectivity index (χ0) is 22.2. The lowest BCUT2D eigenvalue weighted by Crippen LogP contribution is -2.23. The Hall–Kier alpha value is -3.25. The third-order valence-corrected chi connectivity index (χ3v) is 7.26. The average Bonchev–Trinajstić information content (AvgIpc) is 3.63. The van der Waals surface area contributed by atoms with Gasteiger partial charge in [0.25, 0.3) is 0 Å². The van der Waals surface area contributed by atoms with E-state index in [0.29, 0.717) is 6.04 Å². The number of likely N-dealkylation sites (tertiary alicyclic amines) is 1. The lowest BCUT2D eigenvalue weighted by atomic mass is 10.0. The minimum atomic E-state index is 0.458. The molecule has 6 heteroatoms. The molecule has 0 radical (unpaired) electrons. The van der Waals surface area contributed by atoms with Crippen molar-refractivity contribution in [2.24, 2.45) is 0 Å². The Balaban J connectivity index is 1.24. The molecule has 2 aromatic carbocycles. The van der Waals surface area contributed by atoms with E-state index in [4.69, 9.17) is 9.72 Å². The van der Waals surface area contributed by atoms with Crippen LogP contribution in [0.1, 0.15) is 48.3 Å². The first-order valence-electron chi connectivity index (χ1n) is 12.0. The zero-order valence-electron chi connectivity index (χ0n) is 19.1. The summed E-state index contributed by atoms with van der Waals surface area (Å²) in [5.74, 6) is 2.02. The summed E-state index contributed by atoms with van der Waals surface area (Å²) in [5.41, 5.74) is 7.06. The molecular formula is C27H29N5O. The molecule has 0 bridgehead atoms. The van der Waals surface area contributed by atoms with Gasteiger partial charge in [-0.15, -0.1) is 10.2 Å². The Morgan fingerprint density at radius 3 is 2.73 bits per heavy atom. The fourth-order valence-electron chi connectivity index (χ4n) is 5.31. The Bertz CT molecular complexity index is 1270. The minimum absolute atomic E-state index is 0.458. The van der Waals surface area contributed by atoms with Gasteiger partial charge in [0.2, 0.25) is 0 Å². The van der Waals surface area contributed by atoms with E-state index in [0.717, 1.165) is 54.2 Å². The largest absolute Gasteiger partial charge is 0.493 e. The molecule has 0 saturated carbocycles. The highest BCUT2D eigenvalue weighted by Gasteiger charge is 2.20. The molecule has 4 aromatic rings. The summed E-state index contributed by atoms with van der Waals surface area (Å²) in [7, 11) is 0. The van der Waals surface area contributed by atoms with Crippen LogP contribution in [0, 0.1) is 0 Å². The number of hydrogen-bond donors (Lipinski definition) is 0. The van der Waals surface area contributed by atoms with Gasteiger partial charge in [0.15, 0.2) is 5.65 Å². The fraction of sp³-hybridized carbons (Fsp3) is 0.370. The van der Waals surface area contributed by atoms with Crippen molar-refractivity contribution in [2.45, 2.75) is 45.1 Å². The van der Waals surface area contributed by atoms with Gasteiger partial charge in [0, 0.05) is 36.2 Å². The van der Waals surface area contributed by atoms with Crippen LogP contribution < -0.4 is 4.74 Å². The summed E-state index contributed by atoms with van der Waals surface area (Å²) in [6, 6.07) is 15.7. The SMILES string of the molecule is CC(c1ccc(-c2cnc(CCc3cccc4c3CCO4)n3cnnc23)cc1)N1CCCC1. The highest BCUT2D eigenvalue weighted by Crippen LogP contribution is 2.30. The first-order chi connectivity index (χ1) is 16.3. The predicted octanol–water partition coefficient (Wildman–Crippen LogP) is 4.67. The molecule has 4 heterocycles. The van der Waals surface area contributed by atoms with E-state index in [1.165, 1.54) is 42.6 Å². The van der Waals surface area contributed by atoms with E-state index in [1.807, 2.05) is 10.6 Å². The van der Waals surface area contributed by atoms with Gasteiger partial charge in [-0.25, -0.2) is 4.98 Å². The van der Waals surface area contributed by atoms with E-state index < -0.39 is 0 Å². The van der Waals surface area contributed by atoms with Crippen molar-refractivity contribution in [1.82, 2.24) is 24.5 Å². The maximum Gasteiger partial charge on any atom is 0.171 e. The molecule has 1 fully saturated rings. The van der Waals surface area contributed by atoms with Gasteiger partial charge in [-0.3, -0.25) is 9.30 Å². The number of nitrogens with zero attached hydrogens (tertiary/aromatic N) is 5. The summed E-state index contributed by atoms with van der Waals surface area (Å²) in [6.45, 7) is 5.49. The van der Waals surface area contributed by atoms with Crippen LogP contribution in [0.4, 0.5) is 0 Å². The molecule has 0 amide bonds. The van der Waals surface area contributed by atoms with Gasteiger partial charge in [-0.05, 0) is 62.0 Å². The molecule has 1 saturated heterocycles. The topological polar surface area (TPSA) is 55.6 Å². The Morgan fingerprint density at radius 2 is 1.88 bits per heavy atom. The van der Waals surface area contributed by atoms with Gasteiger partial charge in [0.1, 0.15) is 17.9 Å². The molecule has 2 aliphatic rings. The maximum absolute atomic E-state index is 5.72. The molecule has 6 rings (SSSR count). The van der Waals surface area contributed by atoms with Crippen molar-refractivity contribution in [1.29, 1.82) is 0 Å². The Kier molecular flexibility index (Phi) is 5.30. The van der Waals surface area contributed by atoms with Crippen LogP contribution >= 0.6 is 0 Å². The summed E-state index contributed by atoms with van der Waals surface area (Å²) in [4.78, 5) is 7.39. The third-order valence-electron chi connectivity index (χ3n) is 7.26. The second-order valence-electron chi connectivity index (χ2n) is 9.15. The van der Waals surface area contributed by atoms with Crippen molar-refractivity contribution in [3.05, 3.63) is 77.5 Å². The van der Waals surface area contributed by atoms with Gasteiger partial charge < -0.3 is 4.74 Å². The van der Waals surface area contributed by atoms with E-state index in [9.17, 15) is 0 Å². The molecule has 1 unspecified atom stereocenters. The summed E-state index contributed by atoms with van der Waals surface area (Å²) in [6.07, 6.45) is 9.11. The average molecular weight is 440 g/mol. The third kappa shape index (κ3) is 3.78. The van der Waals surface area contributed by atoms with Crippen molar-refractivity contribution in [3.63, 3.8) is 0 Å². The number of benzene rings is 2.